The van der Waals surface area contributed by atoms with E-state index < -0.39 is 49.4 Å². The monoisotopic (exact) mass is 407 g/mol. The van der Waals surface area contributed by atoms with E-state index in [2.05, 4.69) is 0 Å². The van der Waals surface area contributed by atoms with Crippen LogP contribution in [0.3, 0.4) is 0 Å². The minimum Gasteiger partial charge on any atom is -0.771 e. The fourth-order valence-electron chi connectivity index (χ4n) is 1.19. The molecule has 0 aliphatic carbocycles. The molecule has 0 amide bonds. The Morgan fingerprint density at radius 2 is 0.842 bits per heavy atom. The maximum absolute atomic E-state index is 10.8. The van der Waals surface area contributed by atoms with Crippen LogP contribution in [0.25, 0.3) is 0 Å². The molecule has 0 aliphatic rings. The summed E-state index contributed by atoms with van der Waals surface area (Å²) in [5.41, 5.74) is 0. The van der Waals surface area contributed by atoms with Crippen molar-refractivity contribution in [2.24, 2.45) is 0 Å². The Kier molecular flexibility index (Phi) is 28.0. The van der Waals surface area contributed by atoms with Crippen molar-refractivity contribution in [3.05, 3.63) is 0 Å². The fraction of sp³-hybridized carbons (Fsp3) is 1.00. The van der Waals surface area contributed by atoms with Gasteiger partial charge in [0.05, 0.1) is 16.1 Å². The fourth-order valence-corrected chi connectivity index (χ4v) is 3.11. The third kappa shape index (κ3) is 12.2. The Morgan fingerprint density at radius 3 is 0.947 bits per heavy atom. The van der Waals surface area contributed by atoms with E-state index in [0.29, 0.717) is 0 Å². The summed E-state index contributed by atoms with van der Waals surface area (Å²) in [6.07, 6.45) is 0. The summed E-state index contributed by atoms with van der Waals surface area (Å²) in [5.74, 6) is 0. The average Bonchev–Trinajstić information content (AvgIpc) is 2.16. The van der Waals surface area contributed by atoms with Crippen molar-refractivity contribution < 1.29 is 180 Å². The summed E-state index contributed by atoms with van der Waals surface area (Å²) in [7, 11) is 0. The minimum absolute atomic E-state index is 0. The Bertz CT molecular complexity index is 275. The summed E-state index contributed by atoms with van der Waals surface area (Å²) in [6, 6.07) is 0. The van der Waals surface area contributed by atoms with Gasteiger partial charge in [-0.25, -0.2) is 0 Å². The molecule has 0 fully saturated rings. The average molecular weight is 408 g/mol. The molecule has 0 bridgehead atoms. The van der Waals surface area contributed by atoms with Gasteiger partial charge in [0.25, 0.3) is 0 Å². The van der Waals surface area contributed by atoms with Gasteiger partial charge in [-0.05, 0) is 54.0 Å². The SMILES string of the molecule is CC(N(C(C)S(=O)[O-])C(C)S(=O)[O-])S(=O)[O-].[K+].[K+].[K+]. The molecule has 0 spiro atoms. The Morgan fingerprint density at radius 1 is 0.684 bits per heavy atom. The van der Waals surface area contributed by atoms with Crippen LogP contribution < -0.4 is 154 Å². The van der Waals surface area contributed by atoms with E-state index >= 15 is 0 Å². The molecule has 0 rings (SSSR count). The van der Waals surface area contributed by atoms with E-state index in [0.717, 1.165) is 4.90 Å². The summed E-state index contributed by atoms with van der Waals surface area (Å²) in [6.45, 7) is 3.65. The van der Waals surface area contributed by atoms with Crippen molar-refractivity contribution >= 4 is 33.2 Å². The van der Waals surface area contributed by atoms with Crippen molar-refractivity contribution in [1.82, 2.24) is 4.90 Å². The van der Waals surface area contributed by atoms with Crippen LogP contribution in [0.5, 0.6) is 0 Å². The zero-order valence-corrected chi connectivity index (χ0v) is 23.7. The van der Waals surface area contributed by atoms with Gasteiger partial charge >= 0.3 is 154 Å². The number of hydrogen-bond donors (Lipinski definition) is 0. The Balaban J connectivity index is -0.000000375. The van der Waals surface area contributed by atoms with Crippen molar-refractivity contribution in [2.75, 3.05) is 0 Å². The molecular formula is C6H12K3NO6S3. The molecule has 0 aromatic rings. The zero-order chi connectivity index (χ0) is 13.0. The van der Waals surface area contributed by atoms with E-state index in [1.54, 1.807) is 0 Å². The van der Waals surface area contributed by atoms with Gasteiger partial charge in [0, 0.05) is 0 Å². The second-order valence-electron chi connectivity index (χ2n) is 3.03. The third-order valence-electron chi connectivity index (χ3n) is 2.10. The maximum Gasteiger partial charge on any atom is 1.00 e. The normalized spacial score (nSPS) is 19.7. The first-order valence-corrected chi connectivity index (χ1v) is 7.63. The van der Waals surface area contributed by atoms with Crippen LogP contribution in [0.15, 0.2) is 0 Å². The summed E-state index contributed by atoms with van der Waals surface area (Å²) < 4.78 is 64.5. The van der Waals surface area contributed by atoms with Crippen molar-refractivity contribution in [2.45, 2.75) is 36.9 Å². The molecule has 0 radical (unpaired) electrons. The molecule has 6 unspecified atom stereocenters. The van der Waals surface area contributed by atoms with Crippen LogP contribution in [-0.4, -0.2) is 47.3 Å². The molecule has 0 heterocycles. The van der Waals surface area contributed by atoms with Gasteiger partial charge in [0.15, 0.2) is 0 Å². The van der Waals surface area contributed by atoms with Crippen LogP contribution in [0, 0.1) is 0 Å². The molecule has 0 saturated carbocycles. The maximum atomic E-state index is 10.8. The number of nitrogens with zero attached hydrogens (tertiary/aromatic N) is 1. The molecule has 0 aliphatic heterocycles. The minimum atomic E-state index is -2.59. The zero-order valence-electron chi connectivity index (χ0n) is 11.9. The van der Waals surface area contributed by atoms with Gasteiger partial charge in [-0.15, -0.1) is 0 Å². The van der Waals surface area contributed by atoms with Crippen LogP contribution >= 0.6 is 0 Å². The first-order valence-electron chi connectivity index (χ1n) is 4.21. The number of hydrogen-bond acceptors (Lipinski definition) is 7. The van der Waals surface area contributed by atoms with Gasteiger partial charge in [0.1, 0.15) is 0 Å². The van der Waals surface area contributed by atoms with Crippen molar-refractivity contribution in [3.63, 3.8) is 0 Å². The van der Waals surface area contributed by atoms with E-state index in [-0.39, 0.29) is 154 Å². The Labute approximate surface area is 248 Å². The van der Waals surface area contributed by atoms with E-state index in [1.807, 2.05) is 0 Å². The quantitative estimate of drug-likeness (QED) is 0.316. The topological polar surface area (TPSA) is 124 Å². The second-order valence-corrected chi connectivity index (χ2v) is 6.64. The van der Waals surface area contributed by atoms with Gasteiger partial charge in [-0.3, -0.25) is 17.5 Å². The van der Waals surface area contributed by atoms with Crippen molar-refractivity contribution in [1.29, 1.82) is 0 Å². The summed E-state index contributed by atoms with van der Waals surface area (Å²) in [4.78, 5) is 0.884. The van der Waals surface area contributed by atoms with Gasteiger partial charge in [-0.1, -0.05) is 0 Å². The van der Waals surface area contributed by atoms with Crippen LogP contribution in [-0.2, 0) is 33.2 Å². The van der Waals surface area contributed by atoms with E-state index in [9.17, 15) is 26.3 Å². The predicted molar refractivity (Wildman–Crippen MR) is 57.0 cm³/mol. The van der Waals surface area contributed by atoms with Crippen LogP contribution in [0.1, 0.15) is 20.8 Å². The van der Waals surface area contributed by atoms with E-state index in [1.165, 1.54) is 20.8 Å². The first-order chi connectivity index (χ1) is 7.20. The second kappa shape index (κ2) is 16.7. The molecule has 0 aromatic heterocycles. The molecule has 0 saturated heterocycles. The predicted octanol–water partition coefficient (Wildman–Crippen LogP) is -10.0. The summed E-state index contributed by atoms with van der Waals surface area (Å²) >= 11 is -7.76. The largest absolute Gasteiger partial charge is 1.00 e. The standard InChI is InChI=1S/C6H15NO6S3.3K/c1-4(14(8)9)7(5(2)15(10)11)6(3)16(12)13;;;/h4-6H,1-3H3,(H,8,9)(H,10,11)(H,12,13);;;/q;3*+1/p-3. The molecule has 7 nitrogen and oxygen atoms in total. The molecule has 0 aromatic carbocycles. The molecule has 0 N–H and O–H groups in total. The van der Waals surface area contributed by atoms with E-state index in [4.69, 9.17) is 0 Å². The smallest absolute Gasteiger partial charge is 0.771 e. The Hall–Kier alpha value is 5.20. The van der Waals surface area contributed by atoms with Crippen molar-refractivity contribution in [3.8, 4) is 0 Å². The van der Waals surface area contributed by atoms with Gasteiger partial charge in [-0.2, -0.15) is 0 Å². The molecule has 13 heteroatoms. The third-order valence-corrected chi connectivity index (χ3v) is 4.50. The molecule has 19 heavy (non-hydrogen) atoms. The van der Waals surface area contributed by atoms with Gasteiger partial charge < -0.3 is 13.7 Å². The van der Waals surface area contributed by atoms with Crippen LogP contribution in [0.2, 0.25) is 0 Å². The summed E-state index contributed by atoms with van der Waals surface area (Å²) in [5, 5.41) is -3.62. The van der Waals surface area contributed by atoms with Crippen LogP contribution in [0.4, 0.5) is 0 Å². The first kappa shape index (κ1) is 31.9. The molecule has 6 atom stereocenters. The number of rotatable bonds is 6. The molecular weight excluding hydrogens is 396 g/mol. The molecule has 98 valence electrons. The van der Waals surface area contributed by atoms with Gasteiger partial charge in [0.2, 0.25) is 0 Å².